The molecule has 1 fully saturated rings. The molecule has 0 heterocycles. The first kappa shape index (κ1) is 15.6. The SMILES string of the molecule is CCCCN(C(=O)c1cccc(C#CCN)c1C)C1CC1. The molecular formula is C18H24N2O. The van der Waals surface area contributed by atoms with E-state index < -0.39 is 0 Å². The Kier molecular flexibility index (Phi) is 5.41. The lowest BCUT2D eigenvalue weighted by molar-refractivity contribution is 0.0740. The molecule has 0 aromatic heterocycles. The number of hydrogen-bond donors (Lipinski definition) is 1. The van der Waals surface area contributed by atoms with Crippen LogP contribution in [0.4, 0.5) is 0 Å². The summed E-state index contributed by atoms with van der Waals surface area (Å²) in [4.78, 5) is 14.9. The summed E-state index contributed by atoms with van der Waals surface area (Å²) >= 11 is 0. The highest BCUT2D eigenvalue weighted by Crippen LogP contribution is 2.29. The van der Waals surface area contributed by atoms with E-state index in [1.165, 1.54) is 0 Å². The van der Waals surface area contributed by atoms with Gasteiger partial charge in [-0.2, -0.15) is 0 Å². The van der Waals surface area contributed by atoms with Crippen LogP contribution in [0.15, 0.2) is 18.2 Å². The highest BCUT2D eigenvalue weighted by atomic mass is 16.2. The lowest BCUT2D eigenvalue weighted by atomic mass is 10.0. The first-order valence-corrected chi connectivity index (χ1v) is 7.78. The molecule has 3 nitrogen and oxygen atoms in total. The van der Waals surface area contributed by atoms with Crippen LogP contribution >= 0.6 is 0 Å². The molecule has 0 atom stereocenters. The minimum absolute atomic E-state index is 0.153. The van der Waals surface area contributed by atoms with Crippen LogP contribution in [-0.4, -0.2) is 29.9 Å². The number of amides is 1. The topological polar surface area (TPSA) is 46.3 Å². The predicted octanol–water partition coefficient (Wildman–Crippen LogP) is 2.71. The van der Waals surface area contributed by atoms with Gasteiger partial charge in [-0.1, -0.05) is 31.3 Å². The fourth-order valence-electron chi connectivity index (χ4n) is 2.47. The summed E-state index contributed by atoms with van der Waals surface area (Å²) in [6, 6.07) is 6.21. The van der Waals surface area contributed by atoms with Crippen molar-refractivity contribution in [2.45, 2.75) is 45.6 Å². The Labute approximate surface area is 127 Å². The van der Waals surface area contributed by atoms with Crippen LogP contribution in [0.5, 0.6) is 0 Å². The van der Waals surface area contributed by atoms with Crippen molar-refractivity contribution in [2.24, 2.45) is 5.73 Å². The van der Waals surface area contributed by atoms with Crippen LogP contribution in [0.3, 0.4) is 0 Å². The van der Waals surface area contributed by atoms with Crippen LogP contribution < -0.4 is 5.73 Å². The zero-order valence-corrected chi connectivity index (χ0v) is 13.0. The molecule has 0 saturated heterocycles. The third-order valence-corrected chi connectivity index (χ3v) is 3.89. The van der Waals surface area contributed by atoms with E-state index in [-0.39, 0.29) is 5.91 Å². The fraction of sp³-hybridized carbons (Fsp3) is 0.500. The zero-order chi connectivity index (χ0) is 15.2. The van der Waals surface area contributed by atoms with E-state index in [2.05, 4.69) is 18.8 Å². The molecule has 0 aliphatic heterocycles. The fourth-order valence-corrected chi connectivity index (χ4v) is 2.47. The van der Waals surface area contributed by atoms with Crippen molar-refractivity contribution in [3.63, 3.8) is 0 Å². The largest absolute Gasteiger partial charge is 0.336 e. The van der Waals surface area contributed by atoms with E-state index in [4.69, 9.17) is 5.73 Å². The molecule has 112 valence electrons. The van der Waals surface area contributed by atoms with E-state index in [1.54, 1.807) is 0 Å². The average molecular weight is 284 g/mol. The van der Waals surface area contributed by atoms with Gasteiger partial charge in [-0.25, -0.2) is 0 Å². The Bertz CT molecular complexity index is 564. The quantitative estimate of drug-likeness (QED) is 0.845. The van der Waals surface area contributed by atoms with Crippen LogP contribution in [0.1, 0.15) is 54.1 Å². The monoisotopic (exact) mass is 284 g/mol. The van der Waals surface area contributed by atoms with E-state index in [1.807, 2.05) is 30.0 Å². The summed E-state index contributed by atoms with van der Waals surface area (Å²) < 4.78 is 0. The molecule has 3 heteroatoms. The second-order valence-electron chi connectivity index (χ2n) is 5.57. The molecule has 1 aromatic rings. The van der Waals surface area contributed by atoms with E-state index in [0.29, 0.717) is 12.6 Å². The van der Waals surface area contributed by atoms with Gasteiger partial charge in [0.15, 0.2) is 0 Å². The van der Waals surface area contributed by atoms with Gasteiger partial charge in [0.2, 0.25) is 0 Å². The highest BCUT2D eigenvalue weighted by Gasteiger charge is 2.33. The van der Waals surface area contributed by atoms with Crippen LogP contribution in [-0.2, 0) is 0 Å². The number of hydrogen-bond acceptors (Lipinski definition) is 2. The van der Waals surface area contributed by atoms with Gasteiger partial charge in [-0.15, -0.1) is 0 Å². The van der Waals surface area contributed by atoms with E-state index in [0.717, 1.165) is 48.9 Å². The minimum Gasteiger partial charge on any atom is -0.336 e. The van der Waals surface area contributed by atoms with E-state index >= 15 is 0 Å². The van der Waals surface area contributed by atoms with Gasteiger partial charge in [0.1, 0.15) is 0 Å². The Hall–Kier alpha value is -1.79. The van der Waals surface area contributed by atoms with Gasteiger partial charge in [-0.3, -0.25) is 4.79 Å². The lowest BCUT2D eigenvalue weighted by Crippen LogP contribution is -2.34. The van der Waals surface area contributed by atoms with Crippen LogP contribution in [0.2, 0.25) is 0 Å². The number of unbranched alkanes of at least 4 members (excludes halogenated alkanes) is 1. The van der Waals surface area contributed by atoms with Crippen molar-refractivity contribution in [1.29, 1.82) is 0 Å². The van der Waals surface area contributed by atoms with Crippen molar-refractivity contribution in [3.05, 3.63) is 34.9 Å². The molecule has 21 heavy (non-hydrogen) atoms. The smallest absolute Gasteiger partial charge is 0.254 e. The minimum atomic E-state index is 0.153. The van der Waals surface area contributed by atoms with Gasteiger partial charge in [-0.05, 0) is 43.9 Å². The van der Waals surface area contributed by atoms with Crippen LogP contribution in [0, 0.1) is 18.8 Å². The van der Waals surface area contributed by atoms with Crippen LogP contribution in [0.25, 0.3) is 0 Å². The average Bonchev–Trinajstić information content (AvgIpc) is 3.31. The predicted molar refractivity (Wildman–Crippen MR) is 86.1 cm³/mol. The van der Waals surface area contributed by atoms with Crippen molar-refractivity contribution in [2.75, 3.05) is 13.1 Å². The first-order valence-electron chi connectivity index (χ1n) is 7.78. The number of carbonyl (C=O) groups is 1. The van der Waals surface area contributed by atoms with Gasteiger partial charge in [0, 0.05) is 23.7 Å². The maximum atomic E-state index is 12.8. The number of benzene rings is 1. The zero-order valence-electron chi connectivity index (χ0n) is 13.0. The molecule has 0 unspecified atom stereocenters. The Balaban J connectivity index is 2.25. The van der Waals surface area contributed by atoms with Gasteiger partial charge in [0.25, 0.3) is 5.91 Å². The molecule has 2 rings (SSSR count). The number of rotatable bonds is 5. The molecule has 1 saturated carbocycles. The first-order chi connectivity index (χ1) is 10.2. The van der Waals surface area contributed by atoms with Crippen molar-refractivity contribution in [1.82, 2.24) is 4.90 Å². The standard InChI is InChI=1S/C18H24N2O/c1-3-4-13-20(16-10-11-16)18(21)17-9-5-7-15(14(17)2)8-6-12-19/h5,7,9,16H,3-4,10-13,19H2,1-2H3. The molecule has 0 radical (unpaired) electrons. The lowest BCUT2D eigenvalue weighted by Gasteiger charge is -2.23. The molecule has 1 aliphatic rings. The highest BCUT2D eigenvalue weighted by molar-refractivity contribution is 5.96. The van der Waals surface area contributed by atoms with Crippen molar-refractivity contribution >= 4 is 5.91 Å². The normalized spacial score (nSPS) is 13.5. The van der Waals surface area contributed by atoms with Crippen molar-refractivity contribution < 1.29 is 4.79 Å². The second kappa shape index (κ2) is 7.28. The van der Waals surface area contributed by atoms with Crippen molar-refractivity contribution in [3.8, 4) is 11.8 Å². The Morgan fingerprint density at radius 3 is 2.81 bits per heavy atom. The molecule has 0 bridgehead atoms. The Morgan fingerprint density at radius 2 is 2.19 bits per heavy atom. The third-order valence-electron chi connectivity index (χ3n) is 3.89. The molecule has 1 amide bonds. The number of nitrogens with zero attached hydrogens (tertiary/aromatic N) is 1. The molecular weight excluding hydrogens is 260 g/mol. The molecule has 0 spiro atoms. The summed E-state index contributed by atoms with van der Waals surface area (Å²) in [6.07, 6.45) is 4.45. The maximum Gasteiger partial charge on any atom is 0.254 e. The number of carbonyl (C=O) groups excluding carboxylic acids is 1. The second-order valence-corrected chi connectivity index (χ2v) is 5.57. The summed E-state index contributed by atoms with van der Waals surface area (Å²) in [5, 5.41) is 0. The number of nitrogens with two attached hydrogens (primary N) is 1. The third kappa shape index (κ3) is 3.86. The molecule has 1 aromatic carbocycles. The molecule has 2 N–H and O–H groups in total. The summed E-state index contributed by atoms with van der Waals surface area (Å²) in [5.74, 6) is 6.06. The van der Waals surface area contributed by atoms with Gasteiger partial charge >= 0.3 is 0 Å². The summed E-state index contributed by atoms with van der Waals surface area (Å²) in [7, 11) is 0. The van der Waals surface area contributed by atoms with Gasteiger partial charge < -0.3 is 10.6 Å². The van der Waals surface area contributed by atoms with Gasteiger partial charge in [0.05, 0.1) is 6.54 Å². The Morgan fingerprint density at radius 1 is 1.43 bits per heavy atom. The maximum absolute atomic E-state index is 12.8. The molecule has 1 aliphatic carbocycles. The summed E-state index contributed by atoms with van der Waals surface area (Å²) in [6.45, 7) is 5.32. The summed E-state index contributed by atoms with van der Waals surface area (Å²) in [5.41, 5.74) is 8.07. The van der Waals surface area contributed by atoms with E-state index in [9.17, 15) is 4.79 Å².